The van der Waals surface area contributed by atoms with Crippen LogP contribution < -0.4 is 10.2 Å². The lowest BCUT2D eigenvalue weighted by Gasteiger charge is -2.55. The Morgan fingerprint density at radius 3 is 2.20 bits per heavy atom. The average molecular weight is 501 g/mol. The summed E-state index contributed by atoms with van der Waals surface area (Å²) >= 11 is 1.43. The number of benzene rings is 2. The second-order valence-corrected chi connectivity index (χ2v) is 11.8. The first-order valence-corrected chi connectivity index (χ1v) is 13.3. The van der Waals surface area contributed by atoms with E-state index in [0.717, 1.165) is 37.0 Å². The molecule has 4 saturated carbocycles. The Balaban J connectivity index is 1.22. The number of hydrogen-bond donors (Lipinski definition) is 1. The van der Waals surface area contributed by atoms with E-state index in [-0.39, 0.29) is 28.4 Å². The normalized spacial score (nSPS) is 31.7. The lowest BCUT2D eigenvalue weighted by atomic mass is 9.49. The highest BCUT2D eigenvalue weighted by Crippen LogP contribution is 2.60. The molecule has 1 saturated heterocycles. The molecule has 1 N–H and O–H groups in total. The van der Waals surface area contributed by atoms with Gasteiger partial charge in [0.25, 0.3) is 0 Å². The minimum Gasteiger partial charge on any atom is -0.326 e. The van der Waals surface area contributed by atoms with Crippen LogP contribution >= 0.6 is 11.8 Å². The zero-order chi connectivity index (χ0) is 24.4. The number of anilines is 2. The molecular weight excluding hydrogens is 473 g/mol. The van der Waals surface area contributed by atoms with E-state index in [1.807, 2.05) is 24.3 Å². The third-order valence-electron chi connectivity index (χ3n) is 8.29. The average Bonchev–Trinajstić information content (AvgIpc) is 3.19. The molecule has 2 amide bonds. The van der Waals surface area contributed by atoms with Gasteiger partial charge in [0.1, 0.15) is 5.37 Å². The van der Waals surface area contributed by atoms with Crippen LogP contribution in [0.4, 0.5) is 24.5 Å². The van der Waals surface area contributed by atoms with E-state index in [4.69, 9.17) is 0 Å². The number of alkyl halides is 3. The smallest absolute Gasteiger partial charge is 0.326 e. The lowest BCUT2D eigenvalue weighted by Crippen LogP contribution is -2.51. The molecule has 5 aliphatic rings. The zero-order valence-electron chi connectivity index (χ0n) is 19.2. The van der Waals surface area contributed by atoms with Crippen molar-refractivity contribution >= 4 is 35.0 Å². The second kappa shape index (κ2) is 8.29. The van der Waals surface area contributed by atoms with Gasteiger partial charge in [-0.2, -0.15) is 13.2 Å². The predicted octanol–water partition coefficient (Wildman–Crippen LogP) is 6.64. The fourth-order valence-electron chi connectivity index (χ4n) is 7.18. The van der Waals surface area contributed by atoms with Gasteiger partial charge in [-0.15, -0.1) is 11.8 Å². The SMILES string of the molecule is O=C1CS[C@@H](c2cccc(NC(=O)C34CC5CC(CC(C5)C3)C4)c2)N1c1ccc(C(F)(F)F)cc1. The summed E-state index contributed by atoms with van der Waals surface area (Å²) in [6, 6.07) is 12.2. The van der Waals surface area contributed by atoms with Gasteiger partial charge in [-0.3, -0.25) is 14.5 Å². The monoisotopic (exact) mass is 500 g/mol. The summed E-state index contributed by atoms with van der Waals surface area (Å²) in [5.41, 5.74) is 0.974. The van der Waals surface area contributed by atoms with Gasteiger partial charge in [0.2, 0.25) is 11.8 Å². The summed E-state index contributed by atoms with van der Waals surface area (Å²) < 4.78 is 38.9. The van der Waals surface area contributed by atoms with E-state index >= 15 is 0 Å². The fraction of sp³-hybridized carbons (Fsp3) is 0.481. The van der Waals surface area contributed by atoms with Crippen LogP contribution in [0, 0.1) is 23.2 Å². The molecule has 0 aromatic heterocycles. The van der Waals surface area contributed by atoms with Crippen molar-refractivity contribution in [2.24, 2.45) is 23.2 Å². The van der Waals surface area contributed by atoms with Crippen LogP contribution in [-0.2, 0) is 15.8 Å². The molecule has 1 aliphatic heterocycles. The van der Waals surface area contributed by atoms with E-state index < -0.39 is 11.7 Å². The Morgan fingerprint density at radius 1 is 0.971 bits per heavy atom. The highest BCUT2D eigenvalue weighted by atomic mass is 32.2. The summed E-state index contributed by atoms with van der Waals surface area (Å²) in [4.78, 5) is 27.7. The molecule has 1 atom stereocenters. The van der Waals surface area contributed by atoms with Crippen molar-refractivity contribution in [3.63, 3.8) is 0 Å². The largest absolute Gasteiger partial charge is 0.416 e. The van der Waals surface area contributed by atoms with Crippen LogP contribution in [0.15, 0.2) is 48.5 Å². The summed E-state index contributed by atoms with van der Waals surface area (Å²) in [5.74, 6) is 2.24. The Bertz CT molecular complexity index is 1130. The molecule has 2 aromatic carbocycles. The number of amides is 2. The molecule has 4 aliphatic carbocycles. The van der Waals surface area contributed by atoms with E-state index in [2.05, 4.69) is 5.32 Å². The van der Waals surface area contributed by atoms with Crippen molar-refractivity contribution in [2.75, 3.05) is 16.0 Å². The maximum absolute atomic E-state index is 13.5. The number of carbonyl (C=O) groups excluding carboxylic acids is 2. The maximum atomic E-state index is 13.5. The molecule has 0 spiro atoms. The summed E-state index contributed by atoms with van der Waals surface area (Å²) in [7, 11) is 0. The molecule has 5 fully saturated rings. The Labute approximate surface area is 206 Å². The third-order valence-corrected chi connectivity index (χ3v) is 9.50. The molecule has 8 heteroatoms. The highest BCUT2D eigenvalue weighted by molar-refractivity contribution is 8.00. The summed E-state index contributed by atoms with van der Waals surface area (Å²) in [6.07, 6.45) is 2.35. The van der Waals surface area contributed by atoms with Gasteiger partial charge >= 0.3 is 6.18 Å². The topological polar surface area (TPSA) is 49.4 Å². The van der Waals surface area contributed by atoms with E-state index in [1.165, 1.54) is 43.2 Å². The fourth-order valence-corrected chi connectivity index (χ4v) is 8.35. The Morgan fingerprint density at radius 2 is 1.60 bits per heavy atom. The molecule has 0 radical (unpaired) electrons. The molecule has 4 bridgehead atoms. The van der Waals surface area contributed by atoms with E-state index in [9.17, 15) is 22.8 Å². The maximum Gasteiger partial charge on any atom is 0.416 e. The number of rotatable bonds is 4. The number of hydrogen-bond acceptors (Lipinski definition) is 3. The molecule has 184 valence electrons. The van der Waals surface area contributed by atoms with Crippen LogP contribution in [0.25, 0.3) is 0 Å². The zero-order valence-corrected chi connectivity index (χ0v) is 20.0. The first kappa shape index (κ1) is 23.0. The summed E-state index contributed by atoms with van der Waals surface area (Å²) in [6.45, 7) is 0. The molecule has 4 nitrogen and oxygen atoms in total. The van der Waals surface area contributed by atoms with Gasteiger partial charge in [0.15, 0.2) is 0 Å². The van der Waals surface area contributed by atoms with Crippen LogP contribution in [0.2, 0.25) is 0 Å². The number of nitrogens with one attached hydrogen (secondary N) is 1. The van der Waals surface area contributed by atoms with Crippen molar-refractivity contribution < 1.29 is 22.8 Å². The van der Waals surface area contributed by atoms with Crippen molar-refractivity contribution in [1.29, 1.82) is 0 Å². The van der Waals surface area contributed by atoms with Crippen molar-refractivity contribution in [3.8, 4) is 0 Å². The third kappa shape index (κ3) is 4.13. The highest BCUT2D eigenvalue weighted by Gasteiger charge is 2.54. The van der Waals surface area contributed by atoms with Gasteiger partial charge < -0.3 is 5.32 Å². The van der Waals surface area contributed by atoms with Crippen LogP contribution in [0.3, 0.4) is 0 Å². The van der Waals surface area contributed by atoms with Gasteiger partial charge in [-0.05, 0) is 98.2 Å². The Hall–Kier alpha value is -2.48. The predicted molar refractivity (Wildman–Crippen MR) is 130 cm³/mol. The molecule has 7 rings (SSSR count). The minimum atomic E-state index is -4.43. The van der Waals surface area contributed by atoms with E-state index in [0.29, 0.717) is 29.1 Å². The van der Waals surface area contributed by atoms with Gasteiger partial charge in [-0.1, -0.05) is 12.1 Å². The van der Waals surface area contributed by atoms with Crippen molar-refractivity contribution in [3.05, 3.63) is 59.7 Å². The van der Waals surface area contributed by atoms with Crippen molar-refractivity contribution in [2.45, 2.75) is 50.1 Å². The first-order chi connectivity index (χ1) is 16.7. The molecule has 0 unspecified atom stereocenters. The standard InChI is InChI=1S/C27H27F3N2O2S/c28-27(29,30)20-4-6-22(7-5-20)32-23(33)15-35-24(32)19-2-1-3-21(11-19)31-25(34)26-12-16-8-17(13-26)10-18(9-16)14-26/h1-7,11,16-18,24H,8-10,12-15H2,(H,31,34)/t16?,17?,18?,24-,26?/m0/s1. The van der Waals surface area contributed by atoms with Crippen LogP contribution in [-0.4, -0.2) is 17.6 Å². The lowest BCUT2D eigenvalue weighted by molar-refractivity contribution is -0.140. The molecule has 1 heterocycles. The second-order valence-electron chi connectivity index (χ2n) is 10.7. The van der Waals surface area contributed by atoms with Gasteiger partial charge in [0, 0.05) is 11.4 Å². The van der Waals surface area contributed by atoms with Crippen molar-refractivity contribution in [1.82, 2.24) is 0 Å². The van der Waals surface area contributed by atoms with E-state index in [1.54, 1.807) is 4.90 Å². The Kier molecular flexibility index (Phi) is 5.43. The van der Waals surface area contributed by atoms with Gasteiger partial charge in [0.05, 0.1) is 16.7 Å². The molecule has 35 heavy (non-hydrogen) atoms. The minimum absolute atomic E-state index is 0.114. The quantitative estimate of drug-likeness (QED) is 0.512. The molecule has 2 aromatic rings. The number of nitrogens with zero attached hydrogens (tertiary/aromatic N) is 1. The van der Waals surface area contributed by atoms with Crippen LogP contribution in [0.1, 0.15) is 55.0 Å². The number of thioether (sulfide) groups is 1. The first-order valence-electron chi connectivity index (χ1n) is 12.2. The molecular formula is C27H27F3N2O2S. The number of halogens is 3. The van der Waals surface area contributed by atoms with Crippen LogP contribution in [0.5, 0.6) is 0 Å². The summed E-state index contributed by atoms with van der Waals surface area (Å²) in [5, 5.41) is 2.81. The van der Waals surface area contributed by atoms with Gasteiger partial charge in [-0.25, -0.2) is 0 Å². The number of carbonyl (C=O) groups is 2.